The smallest absolute Gasteiger partial charge is 0.123 e. The Morgan fingerprint density at radius 3 is 2.90 bits per heavy atom. The molecule has 1 N–H and O–H groups in total. The van der Waals surface area contributed by atoms with Crippen LogP contribution in [0.2, 0.25) is 0 Å². The molecule has 1 saturated heterocycles. The number of aliphatic hydroxyl groups excluding tert-OH is 1. The fraction of sp³-hybridized carbons (Fsp3) is 0.529. The van der Waals surface area contributed by atoms with Gasteiger partial charge >= 0.3 is 0 Å². The number of furan rings is 1. The quantitative estimate of drug-likeness (QED) is 0.940. The van der Waals surface area contributed by atoms with Gasteiger partial charge in [-0.2, -0.15) is 0 Å². The molecule has 2 aromatic rings. The molecule has 0 spiro atoms. The molecule has 21 heavy (non-hydrogen) atoms. The Morgan fingerprint density at radius 2 is 2.19 bits per heavy atom. The lowest BCUT2D eigenvalue weighted by atomic mass is 10.1. The summed E-state index contributed by atoms with van der Waals surface area (Å²) < 4.78 is 7.76. The molecule has 1 atom stereocenters. The molecule has 0 amide bonds. The molecule has 114 valence electrons. The van der Waals surface area contributed by atoms with Crippen molar-refractivity contribution in [2.45, 2.75) is 45.9 Å². The van der Waals surface area contributed by atoms with Gasteiger partial charge in [-0.05, 0) is 57.0 Å². The number of nitrogens with zero attached hydrogens (tertiary/aromatic N) is 2. The van der Waals surface area contributed by atoms with Crippen LogP contribution in [0.1, 0.15) is 35.6 Å². The Bertz CT molecular complexity index is 586. The van der Waals surface area contributed by atoms with Crippen molar-refractivity contribution in [3.05, 3.63) is 47.2 Å². The summed E-state index contributed by atoms with van der Waals surface area (Å²) in [5.41, 5.74) is 3.91. The molecule has 1 fully saturated rings. The number of rotatable bonds is 4. The lowest BCUT2D eigenvalue weighted by Crippen LogP contribution is -2.37. The van der Waals surface area contributed by atoms with Crippen LogP contribution in [-0.4, -0.2) is 33.8 Å². The summed E-state index contributed by atoms with van der Waals surface area (Å²) >= 11 is 0. The molecule has 1 aliphatic rings. The zero-order valence-corrected chi connectivity index (χ0v) is 12.9. The zero-order chi connectivity index (χ0) is 14.8. The third-order valence-electron chi connectivity index (χ3n) is 4.45. The Hall–Kier alpha value is -1.52. The van der Waals surface area contributed by atoms with Crippen LogP contribution in [-0.2, 0) is 13.1 Å². The molecule has 3 heterocycles. The van der Waals surface area contributed by atoms with E-state index in [0.29, 0.717) is 0 Å². The molecule has 4 heteroatoms. The summed E-state index contributed by atoms with van der Waals surface area (Å²) in [5.74, 6) is 0.983. The van der Waals surface area contributed by atoms with Crippen molar-refractivity contribution in [1.29, 1.82) is 0 Å². The van der Waals surface area contributed by atoms with Crippen LogP contribution in [0.3, 0.4) is 0 Å². The summed E-state index contributed by atoms with van der Waals surface area (Å²) in [6.07, 6.45) is 3.59. The van der Waals surface area contributed by atoms with Crippen molar-refractivity contribution in [1.82, 2.24) is 9.47 Å². The van der Waals surface area contributed by atoms with Gasteiger partial charge in [-0.3, -0.25) is 4.90 Å². The summed E-state index contributed by atoms with van der Waals surface area (Å²) in [4.78, 5) is 2.35. The summed E-state index contributed by atoms with van der Waals surface area (Å²) in [5, 5.41) is 9.80. The molecule has 0 bridgehead atoms. The molecule has 0 saturated carbocycles. The first-order chi connectivity index (χ1) is 10.1. The SMILES string of the molecule is Cc1cc(CN2CCCC(O)C2)c(C)n1Cc1ccco1. The third kappa shape index (κ3) is 3.22. The Morgan fingerprint density at radius 1 is 1.33 bits per heavy atom. The van der Waals surface area contributed by atoms with Crippen molar-refractivity contribution in [3.8, 4) is 0 Å². The van der Waals surface area contributed by atoms with Crippen LogP contribution in [0, 0.1) is 13.8 Å². The van der Waals surface area contributed by atoms with E-state index in [4.69, 9.17) is 4.42 Å². The van der Waals surface area contributed by atoms with Gasteiger partial charge < -0.3 is 14.1 Å². The van der Waals surface area contributed by atoms with E-state index >= 15 is 0 Å². The molecule has 0 aliphatic carbocycles. The molecule has 4 nitrogen and oxygen atoms in total. The van der Waals surface area contributed by atoms with E-state index in [1.54, 1.807) is 6.26 Å². The van der Waals surface area contributed by atoms with E-state index in [2.05, 4.69) is 29.4 Å². The normalized spacial score (nSPS) is 20.0. The minimum absolute atomic E-state index is 0.162. The largest absolute Gasteiger partial charge is 0.467 e. The van der Waals surface area contributed by atoms with Gasteiger partial charge in [-0.15, -0.1) is 0 Å². The highest BCUT2D eigenvalue weighted by Crippen LogP contribution is 2.21. The highest BCUT2D eigenvalue weighted by Gasteiger charge is 2.19. The predicted octanol–water partition coefficient (Wildman–Crippen LogP) is 2.70. The fourth-order valence-corrected chi connectivity index (χ4v) is 3.25. The monoisotopic (exact) mass is 288 g/mol. The van der Waals surface area contributed by atoms with Crippen LogP contribution >= 0.6 is 0 Å². The zero-order valence-electron chi connectivity index (χ0n) is 12.9. The van der Waals surface area contributed by atoms with Gasteiger partial charge in [0.25, 0.3) is 0 Å². The molecular weight excluding hydrogens is 264 g/mol. The van der Waals surface area contributed by atoms with E-state index in [-0.39, 0.29) is 6.10 Å². The fourth-order valence-electron chi connectivity index (χ4n) is 3.25. The maximum atomic E-state index is 9.80. The molecule has 3 rings (SSSR count). The summed E-state index contributed by atoms with van der Waals surface area (Å²) in [6, 6.07) is 6.21. The Kier molecular flexibility index (Phi) is 4.17. The second-order valence-electron chi connectivity index (χ2n) is 6.09. The van der Waals surface area contributed by atoms with Crippen molar-refractivity contribution in [2.75, 3.05) is 13.1 Å². The van der Waals surface area contributed by atoms with Crippen LogP contribution in [0.25, 0.3) is 0 Å². The number of hydrogen-bond donors (Lipinski definition) is 1. The lowest BCUT2D eigenvalue weighted by molar-refractivity contribution is 0.0667. The first-order valence-corrected chi connectivity index (χ1v) is 7.72. The van der Waals surface area contributed by atoms with Gasteiger partial charge in [0.05, 0.1) is 18.9 Å². The van der Waals surface area contributed by atoms with E-state index in [1.165, 1.54) is 17.0 Å². The van der Waals surface area contributed by atoms with Crippen LogP contribution in [0.4, 0.5) is 0 Å². The summed E-state index contributed by atoms with van der Waals surface area (Å²) in [7, 11) is 0. The minimum Gasteiger partial charge on any atom is -0.467 e. The molecule has 2 aromatic heterocycles. The second-order valence-corrected chi connectivity index (χ2v) is 6.09. The van der Waals surface area contributed by atoms with Crippen LogP contribution in [0.15, 0.2) is 28.9 Å². The number of hydrogen-bond acceptors (Lipinski definition) is 3. The summed E-state index contributed by atoms with van der Waals surface area (Å²) in [6.45, 7) is 7.90. The highest BCUT2D eigenvalue weighted by atomic mass is 16.3. The van der Waals surface area contributed by atoms with Gasteiger partial charge in [-0.25, -0.2) is 0 Å². The van der Waals surface area contributed by atoms with Gasteiger partial charge in [0, 0.05) is 24.5 Å². The van der Waals surface area contributed by atoms with Crippen molar-refractivity contribution < 1.29 is 9.52 Å². The maximum Gasteiger partial charge on any atom is 0.123 e. The molecule has 0 radical (unpaired) electrons. The van der Waals surface area contributed by atoms with Gasteiger partial charge in [-0.1, -0.05) is 0 Å². The Labute approximate surface area is 126 Å². The number of aliphatic hydroxyl groups is 1. The topological polar surface area (TPSA) is 41.5 Å². The van der Waals surface area contributed by atoms with E-state index < -0.39 is 0 Å². The number of likely N-dealkylation sites (tertiary alicyclic amines) is 1. The molecule has 0 aromatic carbocycles. The van der Waals surface area contributed by atoms with Crippen molar-refractivity contribution in [3.63, 3.8) is 0 Å². The molecule has 1 unspecified atom stereocenters. The van der Waals surface area contributed by atoms with Gasteiger partial charge in [0.1, 0.15) is 5.76 Å². The minimum atomic E-state index is -0.162. The van der Waals surface area contributed by atoms with E-state index in [9.17, 15) is 5.11 Å². The van der Waals surface area contributed by atoms with Crippen LogP contribution in [0.5, 0.6) is 0 Å². The van der Waals surface area contributed by atoms with E-state index in [1.807, 2.05) is 12.1 Å². The number of aromatic nitrogens is 1. The van der Waals surface area contributed by atoms with Gasteiger partial charge in [0.15, 0.2) is 0 Å². The first kappa shape index (κ1) is 14.4. The molecule has 1 aliphatic heterocycles. The van der Waals surface area contributed by atoms with Crippen molar-refractivity contribution >= 4 is 0 Å². The first-order valence-electron chi connectivity index (χ1n) is 7.72. The Balaban J connectivity index is 1.74. The molecular formula is C17H24N2O2. The maximum absolute atomic E-state index is 9.80. The van der Waals surface area contributed by atoms with Crippen molar-refractivity contribution in [2.24, 2.45) is 0 Å². The predicted molar refractivity (Wildman–Crippen MR) is 82.2 cm³/mol. The standard InChI is InChI=1S/C17H24N2O2/c1-13-9-15(10-18-7-3-5-16(20)11-18)14(2)19(13)12-17-6-4-8-21-17/h4,6,8-9,16,20H,3,5,7,10-12H2,1-2H3. The average molecular weight is 288 g/mol. The number of β-amino-alcohol motifs (C(OH)–C–C–N with tert-alkyl or cyclic N) is 1. The third-order valence-corrected chi connectivity index (χ3v) is 4.45. The number of aryl methyl sites for hydroxylation is 1. The lowest BCUT2D eigenvalue weighted by Gasteiger charge is -2.29. The highest BCUT2D eigenvalue weighted by molar-refractivity contribution is 5.27. The second kappa shape index (κ2) is 6.08. The van der Waals surface area contributed by atoms with E-state index in [0.717, 1.165) is 44.8 Å². The van der Waals surface area contributed by atoms with Crippen LogP contribution < -0.4 is 0 Å². The average Bonchev–Trinajstić information content (AvgIpc) is 3.04. The number of piperidine rings is 1. The van der Waals surface area contributed by atoms with Gasteiger partial charge in [0.2, 0.25) is 0 Å².